The highest BCUT2D eigenvalue weighted by Crippen LogP contribution is 2.30. The van der Waals surface area contributed by atoms with Crippen LogP contribution in [0.5, 0.6) is 0 Å². The zero-order chi connectivity index (χ0) is 19.1. The third kappa shape index (κ3) is 4.85. The van der Waals surface area contributed by atoms with Gasteiger partial charge in [-0.05, 0) is 12.5 Å². The Balaban J connectivity index is 2.05. The van der Waals surface area contributed by atoms with Crippen molar-refractivity contribution in [3.05, 3.63) is 43.0 Å². The first kappa shape index (κ1) is 19.5. The van der Waals surface area contributed by atoms with Gasteiger partial charge in [-0.15, -0.1) is 0 Å². The summed E-state index contributed by atoms with van der Waals surface area (Å²) in [6.45, 7) is 1.59. The smallest absolute Gasteiger partial charge is 0.432 e. The van der Waals surface area contributed by atoms with Crippen LogP contribution in [0, 0.1) is 6.92 Å². The molecule has 0 radical (unpaired) electrons. The van der Waals surface area contributed by atoms with Gasteiger partial charge >= 0.3 is 11.8 Å². The fourth-order valence-electron chi connectivity index (χ4n) is 2.42. The molecule has 0 aromatic carbocycles. The average molecular weight is 369 g/mol. The van der Waals surface area contributed by atoms with Gasteiger partial charge in [0.2, 0.25) is 0 Å². The molecule has 1 fully saturated rings. The van der Waals surface area contributed by atoms with E-state index in [1.807, 2.05) is 0 Å². The Morgan fingerprint density at radius 1 is 1.46 bits per heavy atom. The van der Waals surface area contributed by atoms with Gasteiger partial charge in [-0.25, -0.2) is 9.59 Å². The van der Waals surface area contributed by atoms with Crippen molar-refractivity contribution in [2.24, 2.45) is 5.11 Å². The molecule has 2 heterocycles. The second kappa shape index (κ2) is 9.04. The van der Waals surface area contributed by atoms with E-state index < -0.39 is 35.8 Å². The number of H-pyrrole nitrogens is 1. The van der Waals surface area contributed by atoms with Gasteiger partial charge in [0.25, 0.3) is 5.56 Å². The van der Waals surface area contributed by atoms with Crippen molar-refractivity contribution in [2.75, 3.05) is 26.9 Å². The third-order valence-corrected chi connectivity index (χ3v) is 3.73. The number of rotatable bonds is 7. The van der Waals surface area contributed by atoms with Crippen molar-refractivity contribution in [1.82, 2.24) is 9.55 Å². The second-order valence-corrected chi connectivity index (χ2v) is 5.52. The molecule has 1 aromatic rings. The summed E-state index contributed by atoms with van der Waals surface area (Å²) in [4.78, 5) is 39.8. The van der Waals surface area contributed by atoms with Crippen molar-refractivity contribution in [3.8, 4) is 0 Å². The zero-order valence-electron chi connectivity index (χ0n) is 14.3. The molecule has 0 aliphatic carbocycles. The molecule has 3 atom stereocenters. The number of nitrogens with one attached hydrogen (secondary N) is 1. The highest BCUT2D eigenvalue weighted by atomic mass is 16.7. The summed E-state index contributed by atoms with van der Waals surface area (Å²) in [6, 6.07) is -0.657. The van der Waals surface area contributed by atoms with E-state index in [-0.39, 0.29) is 26.2 Å². The number of methoxy groups -OCH3 is 1. The number of aromatic nitrogens is 2. The lowest BCUT2D eigenvalue weighted by Gasteiger charge is -2.16. The number of nitrogens with zero attached hydrogens (tertiary/aromatic N) is 4. The largest absolute Gasteiger partial charge is 0.508 e. The van der Waals surface area contributed by atoms with E-state index in [0.29, 0.717) is 5.56 Å². The van der Waals surface area contributed by atoms with Crippen LogP contribution in [0.4, 0.5) is 4.79 Å². The number of carbonyl (C=O) groups excluding carboxylic acids is 1. The molecule has 12 nitrogen and oxygen atoms in total. The molecule has 2 rings (SSSR count). The van der Waals surface area contributed by atoms with E-state index >= 15 is 0 Å². The van der Waals surface area contributed by atoms with Crippen molar-refractivity contribution in [2.45, 2.75) is 31.7 Å². The molecular formula is C14H19N5O7. The van der Waals surface area contributed by atoms with Crippen LogP contribution in [0.15, 0.2) is 20.9 Å². The minimum Gasteiger partial charge on any atom is -0.432 e. The Kier molecular flexibility index (Phi) is 6.78. The van der Waals surface area contributed by atoms with Gasteiger partial charge in [-0.3, -0.25) is 14.3 Å². The number of aryl methyl sites for hydroxylation is 1. The molecule has 12 heteroatoms. The maximum atomic E-state index is 12.0. The molecule has 1 aromatic heterocycles. The lowest BCUT2D eigenvalue weighted by atomic mass is 10.1. The van der Waals surface area contributed by atoms with Gasteiger partial charge in [0.1, 0.15) is 25.5 Å². The summed E-state index contributed by atoms with van der Waals surface area (Å²) in [5.74, 6) is 0. The molecule has 142 valence electrons. The molecule has 26 heavy (non-hydrogen) atoms. The number of aromatic amines is 1. The summed E-state index contributed by atoms with van der Waals surface area (Å²) in [7, 11) is 1.46. The number of carbonyl (C=O) groups is 1. The van der Waals surface area contributed by atoms with Gasteiger partial charge in [0, 0.05) is 30.2 Å². The summed E-state index contributed by atoms with van der Waals surface area (Å²) >= 11 is 0. The fraction of sp³-hybridized carbons (Fsp3) is 0.643. The monoisotopic (exact) mass is 369 g/mol. The quantitative estimate of drug-likeness (QED) is 0.242. The molecule has 1 N–H and O–H groups in total. The zero-order valence-corrected chi connectivity index (χ0v) is 14.3. The van der Waals surface area contributed by atoms with Crippen molar-refractivity contribution < 1.29 is 23.7 Å². The molecule has 0 bridgehead atoms. The van der Waals surface area contributed by atoms with Crippen LogP contribution >= 0.6 is 0 Å². The lowest BCUT2D eigenvalue weighted by molar-refractivity contribution is -0.0440. The summed E-state index contributed by atoms with van der Waals surface area (Å²) in [5, 5.41) is 3.62. The number of azide groups is 1. The van der Waals surface area contributed by atoms with Crippen LogP contribution < -0.4 is 11.2 Å². The highest BCUT2D eigenvalue weighted by molar-refractivity contribution is 5.59. The Morgan fingerprint density at radius 3 is 2.92 bits per heavy atom. The minimum atomic E-state index is -0.911. The number of hydrogen-bond donors (Lipinski definition) is 1. The number of hydrogen-bond acceptors (Lipinski definition) is 8. The molecule has 0 saturated carbocycles. The minimum absolute atomic E-state index is 0.0370. The molecule has 1 saturated heterocycles. The van der Waals surface area contributed by atoms with Gasteiger partial charge in [0.15, 0.2) is 0 Å². The van der Waals surface area contributed by atoms with Crippen molar-refractivity contribution in [3.63, 3.8) is 0 Å². The topological polar surface area (TPSA) is 158 Å². The first-order chi connectivity index (χ1) is 12.5. The Bertz CT molecular complexity index is 798. The van der Waals surface area contributed by atoms with Crippen LogP contribution in [0.2, 0.25) is 0 Å². The standard InChI is InChI=1S/C14H19N5O7/c1-8-6-19(13(21)16-12(8)20)11-5-9(17-18-15)10(26-11)7-25-14(22)24-4-3-23-2/h6,9-11H,3-5,7H2,1-2H3,(H,16,20,21)/t9-,10+,11+/m0/s1. The maximum absolute atomic E-state index is 12.0. The molecule has 1 aliphatic heterocycles. The molecule has 1 aliphatic rings. The normalized spacial score (nSPS) is 21.8. The molecular weight excluding hydrogens is 350 g/mol. The molecule has 0 amide bonds. The Hall–Kier alpha value is -2.82. The lowest BCUT2D eigenvalue weighted by Crippen LogP contribution is -2.33. The van der Waals surface area contributed by atoms with Gasteiger partial charge in [-0.1, -0.05) is 5.11 Å². The predicted molar refractivity (Wildman–Crippen MR) is 86.7 cm³/mol. The fourth-order valence-corrected chi connectivity index (χ4v) is 2.42. The van der Waals surface area contributed by atoms with E-state index in [2.05, 4.69) is 15.0 Å². The highest BCUT2D eigenvalue weighted by Gasteiger charge is 2.37. The van der Waals surface area contributed by atoms with E-state index in [4.69, 9.17) is 24.5 Å². The van der Waals surface area contributed by atoms with E-state index in [1.165, 1.54) is 17.9 Å². The van der Waals surface area contributed by atoms with Crippen LogP contribution in [0.1, 0.15) is 18.2 Å². The van der Waals surface area contributed by atoms with Crippen molar-refractivity contribution >= 4 is 6.16 Å². The van der Waals surface area contributed by atoms with E-state index in [9.17, 15) is 14.4 Å². The summed E-state index contributed by atoms with van der Waals surface area (Å²) in [6.07, 6.45) is -0.897. The summed E-state index contributed by atoms with van der Waals surface area (Å²) in [5.41, 5.74) is 7.89. The van der Waals surface area contributed by atoms with Gasteiger partial charge < -0.3 is 18.9 Å². The van der Waals surface area contributed by atoms with Crippen LogP contribution in [0.3, 0.4) is 0 Å². The molecule has 0 spiro atoms. The Labute approximate surface area is 147 Å². The second-order valence-electron chi connectivity index (χ2n) is 5.52. The summed E-state index contributed by atoms with van der Waals surface area (Å²) < 4.78 is 21.3. The van der Waals surface area contributed by atoms with Gasteiger partial charge in [0.05, 0.1) is 12.6 Å². The first-order valence-corrected chi connectivity index (χ1v) is 7.76. The molecule has 0 unspecified atom stereocenters. The average Bonchev–Trinajstić information content (AvgIpc) is 2.99. The van der Waals surface area contributed by atoms with E-state index in [1.54, 1.807) is 6.92 Å². The van der Waals surface area contributed by atoms with Crippen LogP contribution in [-0.2, 0) is 18.9 Å². The van der Waals surface area contributed by atoms with Crippen LogP contribution in [0.25, 0.3) is 10.4 Å². The third-order valence-electron chi connectivity index (χ3n) is 3.73. The van der Waals surface area contributed by atoms with E-state index in [0.717, 1.165) is 0 Å². The number of ether oxygens (including phenoxy) is 4. The maximum Gasteiger partial charge on any atom is 0.508 e. The predicted octanol–water partition coefficient (Wildman–Crippen LogP) is 0.611. The SMILES string of the molecule is COCCOC(=O)OC[C@H]1O[C@@H](n2cc(C)c(=O)[nH]c2=O)C[C@@H]1N=[N+]=[N-]. The van der Waals surface area contributed by atoms with Crippen LogP contribution in [-0.4, -0.2) is 54.8 Å². The first-order valence-electron chi connectivity index (χ1n) is 7.76. The van der Waals surface area contributed by atoms with Crippen molar-refractivity contribution in [1.29, 1.82) is 0 Å². The van der Waals surface area contributed by atoms with Gasteiger partial charge in [-0.2, -0.15) is 0 Å². The Morgan fingerprint density at radius 2 is 2.23 bits per heavy atom.